The standard InChI is InChI=1S/C11H22N4/c1-3-4-5-6-7-10-9(2)8-15(14-10)11(12)13/h9H,3-8H2,1-2H3,(H3,12,13). The van der Waals surface area contributed by atoms with E-state index in [1.165, 1.54) is 31.4 Å². The second-order valence-electron chi connectivity index (χ2n) is 4.27. The zero-order valence-corrected chi connectivity index (χ0v) is 9.79. The van der Waals surface area contributed by atoms with Gasteiger partial charge < -0.3 is 5.73 Å². The van der Waals surface area contributed by atoms with Crippen molar-refractivity contribution in [3.8, 4) is 0 Å². The molecule has 3 N–H and O–H groups in total. The highest BCUT2D eigenvalue weighted by molar-refractivity contribution is 5.90. The first-order chi connectivity index (χ1) is 7.15. The SMILES string of the molecule is CCCCCCC1=NN(C(=N)N)CC1C. The highest BCUT2D eigenvalue weighted by Crippen LogP contribution is 2.17. The summed E-state index contributed by atoms with van der Waals surface area (Å²) in [4.78, 5) is 0. The Morgan fingerprint density at radius 1 is 1.53 bits per heavy atom. The third-order valence-corrected chi connectivity index (χ3v) is 2.83. The molecule has 4 heteroatoms. The third kappa shape index (κ3) is 3.53. The number of nitrogens with two attached hydrogens (primary N) is 1. The van der Waals surface area contributed by atoms with Gasteiger partial charge in [-0.2, -0.15) is 5.10 Å². The van der Waals surface area contributed by atoms with Crippen LogP contribution >= 0.6 is 0 Å². The first kappa shape index (κ1) is 12.0. The molecule has 0 amide bonds. The van der Waals surface area contributed by atoms with E-state index in [1.54, 1.807) is 5.01 Å². The molecule has 0 aromatic heterocycles. The lowest BCUT2D eigenvalue weighted by Gasteiger charge is -2.10. The fraction of sp³-hybridized carbons (Fsp3) is 0.818. The lowest BCUT2D eigenvalue weighted by atomic mass is 10.0. The van der Waals surface area contributed by atoms with Gasteiger partial charge in [0.05, 0.1) is 6.54 Å². The fourth-order valence-electron chi connectivity index (χ4n) is 1.84. The quantitative estimate of drug-likeness (QED) is 0.415. The molecule has 0 radical (unpaired) electrons. The number of rotatable bonds is 5. The van der Waals surface area contributed by atoms with Crippen LogP contribution in [0.2, 0.25) is 0 Å². The van der Waals surface area contributed by atoms with Gasteiger partial charge in [-0.25, -0.2) is 5.01 Å². The summed E-state index contributed by atoms with van der Waals surface area (Å²) < 4.78 is 0. The molecule has 4 nitrogen and oxygen atoms in total. The van der Waals surface area contributed by atoms with Crippen molar-refractivity contribution in [1.29, 1.82) is 5.41 Å². The molecule has 1 aliphatic rings. The van der Waals surface area contributed by atoms with Crippen molar-refractivity contribution in [3.05, 3.63) is 0 Å². The van der Waals surface area contributed by atoms with Crippen molar-refractivity contribution in [3.63, 3.8) is 0 Å². The minimum Gasteiger partial charge on any atom is -0.369 e. The number of guanidine groups is 1. The van der Waals surface area contributed by atoms with E-state index in [2.05, 4.69) is 18.9 Å². The zero-order chi connectivity index (χ0) is 11.3. The van der Waals surface area contributed by atoms with Gasteiger partial charge >= 0.3 is 0 Å². The summed E-state index contributed by atoms with van der Waals surface area (Å²) in [5, 5.41) is 13.3. The van der Waals surface area contributed by atoms with Crippen LogP contribution in [-0.4, -0.2) is 23.2 Å². The lowest BCUT2D eigenvalue weighted by Crippen LogP contribution is -2.31. The molecule has 0 aliphatic carbocycles. The number of hydrogen-bond donors (Lipinski definition) is 2. The van der Waals surface area contributed by atoms with Gasteiger partial charge in [-0.1, -0.05) is 33.1 Å². The van der Waals surface area contributed by atoms with Gasteiger partial charge in [-0.05, 0) is 12.8 Å². The van der Waals surface area contributed by atoms with Crippen LogP contribution in [0, 0.1) is 11.3 Å². The van der Waals surface area contributed by atoms with Crippen molar-refractivity contribution in [2.45, 2.75) is 46.0 Å². The molecule has 0 saturated carbocycles. The van der Waals surface area contributed by atoms with E-state index < -0.39 is 0 Å². The summed E-state index contributed by atoms with van der Waals surface area (Å²) in [6, 6.07) is 0. The van der Waals surface area contributed by atoms with Gasteiger partial charge in [-0.15, -0.1) is 0 Å². The van der Waals surface area contributed by atoms with Crippen molar-refractivity contribution in [2.24, 2.45) is 16.8 Å². The molecule has 0 bridgehead atoms. The predicted molar refractivity (Wildman–Crippen MR) is 64.0 cm³/mol. The summed E-state index contributed by atoms with van der Waals surface area (Å²) in [6.45, 7) is 5.15. The van der Waals surface area contributed by atoms with E-state index in [0.717, 1.165) is 13.0 Å². The van der Waals surface area contributed by atoms with Crippen LogP contribution in [0.15, 0.2) is 5.10 Å². The molecule has 1 aliphatic heterocycles. The van der Waals surface area contributed by atoms with E-state index >= 15 is 0 Å². The van der Waals surface area contributed by atoms with Crippen LogP contribution in [0.5, 0.6) is 0 Å². The molecule has 0 aromatic rings. The average Bonchev–Trinajstić information content (AvgIpc) is 2.55. The van der Waals surface area contributed by atoms with E-state index in [0.29, 0.717) is 5.92 Å². The molecule has 1 rings (SSSR count). The monoisotopic (exact) mass is 210 g/mol. The van der Waals surface area contributed by atoms with Crippen molar-refractivity contribution in [1.82, 2.24) is 5.01 Å². The van der Waals surface area contributed by atoms with E-state index in [9.17, 15) is 0 Å². The highest BCUT2D eigenvalue weighted by atomic mass is 15.5. The maximum absolute atomic E-state index is 7.31. The molecule has 0 fully saturated rings. The number of unbranched alkanes of at least 4 members (excludes halogenated alkanes) is 3. The molecule has 0 aromatic carbocycles. The summed E-state index contributed by atoms with van der Waals surface area (Å²) in [7, 11) is 0. The fourth-order valence-corrected chi connectivity index (χ4v) is 1.84. The van der Waals surface area contributed by atoms with E-state index in [1.807, 2.05) is 0 Å². The minimum absolute atomic E-state index is 0.0606. The predicted octanol–water partition coefficient (Wildman–Crippen LogP) is 2.16. The molecular formula is C11H22N4. The van der Waals surface area contributed by atoms with Crippen molar-refractivity contribution < 1.29 is 0 Å². The van der Waals surface area contributed by atoms with Crippen LogP contribution in [0.4, 0.5) is 0 Å². The summed E-state index contributed by atoms with van der Waals surface area (Å²) in [6.07, 6.45) is 6.12. The van der Waals surface area contributed by atoms with Crippen LogP contribution in [-0.2, 0) is 0 Å². The van der Waals surface area contributed by atoms with Crippen LogP contribution in [0.25, 0.3) is 0 Å². The number of hydrazone groups is 1. The Labute approximate surface area is 92.0 Å². The molecular weight excluding hydrogens is 188 g/mol. The molecule has 1 heterocycles. The van der Waals surface area contributed by atoms with Crippen molar-refractivity contribution >= 4 is 11.7 Å². The largest absolute Gasteiger partial charge is 0.369 e. The van der Waals surface area contributed by atoms with Crippen molar-refractivity contribution in [2.75, 3.05) is 6.54 Å². The Morgan fingerprint density at radius 2 is 2.27 bits per heavy atom. The molecule has 0 saturated heterocycles. The molecule has 15 heavy (non-hydrogen) atoms. The second-order valence-corrected chi connectivity index (χ2v) is 4.27. The maximum atomic E-state index is 7.31. The Morgan fingerprint density at radius 3 is 2.80 bits per heavy atom. The summed E-state index contributed by atoms with van der Waals surface area (Å²) in [5.41, 5.74) is 6.61. The molecule has 0 spiro atoms. The Kier molecular flexibility index (Phi) is 4.59. The summed E-state index contributed by atoms with van der Waals surface area (Å²) >= 11 is 0. The number of nitrogens with one attached hydrogen (secondary N) is 1. The molecule has 86 valence electrons. The van der Waals surface area contributed by atoms with Gasteiger partial charge in [0.1, 0.15) is 0 Å². The van der Waals surface area contributed by atoms with Gasteiger partial charge in [0.15, 0.2) is 0 Å². The second kappa shape index (κ2) is 5.73. The van der Waals surface area contributed by atoms with Gasteiger partial charge in [0.25, 0.3) is 0 Å². The zero-order valence-electron chi connectivity index (χ0n) is 9.79. The Balaban J connectivity index is 2.34. The first-order valence-electron chi connectivity index (χ1n) is 5.84. The van der Waals surface area contributed by atoms with Gasteiger partial charge in [0.2, 0.25) is 5.96 Å². The molecule has 1 atom stereocenters. The van der Waals surface area contributed by atoms with Crippen LogP contribution in [0.1, 0.15) is 46.0 Å². The minimum atomic E-state index is 0.0606. The topological polar surface area (TPSA) is 65.5 Å². The normalized spacial score (nSPS) is 20.5. The van der Waals surface area contributed by atoms with Crippen LogP contribution in [0.3, 0.4) is 0 Å². The smallest absolute Gasteiger partial charge is 0.209 e. The Hall–Kier alpha value is -1.06. The summed E-state index contributed by atoms with van der Waals surface area (Å²) in [5.74, 6) is 0.515. The van der Waals surface area contributed by atoms with Crippen LogP contribution < -0.4 is 5.73 Å². The Bertz CT molecular complexity index is 247. The lowest BCUT2D eigenvalue weighted by molar-refractivity contribution is 0.448. The van der Waals surface area contributed by atoms with E-state index in [-0.39, 0.29) is 5.96 Å². The van der Waals surface area contributed by atoms with Gasteiger partial charge in [0, 0.05) is 11.6 Å². The highest BCUT2D eigenvalue weighted by Gasteiger charge is 2.23. The first-order valence-corrected chi connectivity index (χ1v) is 5.84. The third-order valence-electron chi connectivity index (χ3n) is 2.83. The number of hydrogen-bond acceptors (Lipinski definition) is 2. The van der Waals surface area contributed by atoms with E-state index in [4.69, 9.17) is 11.1 Å². The maximum Gasteiger partial charge on any atom is 0.209 e. The average molecular weight is 210 g/mol. The number of nitrogens with zero attached hydrogens (tertiary/aromatic N) is 2. The molecule has 1 unspecified atom stereocenters. The van der Waals surface area contributed by atoms with Gasteiger partial charge in [-0.3, -0.25) is 5.41 Å².